The van der Waals surface area contributed by atoms with Gasteiger partial charge in [-0.3, -0.25) is 4.90 Å². The van der Waals surface area contributed by atoms with Gasteiger partial charge in [-0.05, 0) is 37.5 Å². The van der Waals surface area contributed by atoms with Gasteiger partial charge in [-0.2, -0.15) is 0 Å². The average Bonchev–Trinajstić information content (AvgIpc) is 2.28. The maximum absolute atomic E-state index is 3.43. The zero-order chi connectivity index (χ0) is 11.5. The number of benzene rings is 1. The highest BCUT2D eigenvalue weighted by molar-refractivity contribution is 5.85. The number of piperazine rings is 1. The maximum atomic E-state index is 3.43. The molecule has 0 aliphatic carbocycles. The van der Waals surface area contributed by atoms with Crippen LogP contribution in [0, 0.1) is 13.8 Å². The fourth-order valence-electron chi connectivity index (χ4n) is 2.32. The molecule has 0 bridgehead atoms. The Morgan fingerprint density at radius 3 is 2.82 bits per heavy atom. The van der Waals surface area contributed by atoms with Crippen LogP contribution in [0.5, 0.6) is 0 Å². The predicted molar refractivity (Wildman–Crippen MR) is 75.9 cm³/mol. The molecule has 1 atom stereocenters. The summed E-state index contributed by atoms with van der Waals surface area (Å²) in [4.78, 5) is 2.57. The number of nitrogens with one attached hydrogen (secondary N) is 1. The number of nitrogens with zero attached hydrogens (tertiary/aromatic N) is 1. The molecular formula is C14H23ClN2. The molecule has 96 valence electrons. The van der Waals surface area contributed by atoms with Crippen LogP contribution in [0.2, 0.25) is 0 Å². The van der Waals surface area contributed by atoms with Crippen molar-refractivity contribution in [1.82, 2.24) is 10.2 Å². The van der Waals surface area contributed by atoms with Crippen molar-refractivity contribution in [3.63, 3.8) is 0 Å². The minimum atomic E-state index is 0. The van der Waals surface area contributed by atoms with Crippen LogP contribution in [-0.4, -0.2) is 30.6 Å². The van der Waals surface area contributed by atoms with E-state index in [1.165, 1.54) is 16.7 Å². The second-order valence-electron chi connectivity index (χ2n) is 4.88. The van der Waals surface area contributed by atoms with E-state index in [9.17, 15) is 0 Å². The molecule has 2 nitrogen and oxygen atoms in total. The molecule has 1 fully saturated rings. The highest BCUT2D eigenvalue weighted by atomic mass is 35.5. The van der Waals surface area contributed by atoms with E-state index in [0.717, 1.165) is 26.2 Å². The van der Waals surface area contributed by atoms with Crippen LogP contribution in [0.15, 0.2) is 18.2 Å². The normalized spacial score (nSPS) is 21.0. The fraction of sp³-hybridized carbons (Fsp3) is 0.571. The van der Waals surface area contributed by atoms with Crippen molar-refractivity contribution in [3.8, 4) is 0 Å². The first kappa shape index (κ1) is 14.5. The van der Waals surface area contributed by atoms with Crippen molar-refractivity contribution < 1.29 is 0 Å². The van der Waals surface area contributed by atoms with Crippen molar-refractivity contribution in [2.24, 2.45) is 0 Å². The molecule has 0 amide bonds. The lowest BCUT2D eigenvalue weighted by Gasteiger charge is -2.34. The van der Waals surface area contributed by atoms with E-state index < -0.39 is 0 Å². The first-order chi connectivity index (χ1) is 7.68. The Morgan fingerprint density at radius 1 is 1.35 bits per heavy atom. The van der Waals surface area contributed by atoms with Gasteiger partial charge < -0.3 is 5.32 Å². The lowest BCUT2D eigenvalue weighted by molar-refractivity contribution is 0.165. The van der Waals surface area contributed by atoms with Gasteiger partial charge in [-0.1, -0.05) is 18.2 Å². The molecule has 3 heteroatoms. The molecule has 1 N–H and O–H groups in total. The molecule has 1 aromatic carbocycles. The Labute approximate surface area is 111 Å². The molecule has 1 heterocycles. The van der Waals surface area contributed by atoms with Crippen LogP contribution in [0.3, 0.4) is 0 Å². The van der Waals surface area contributed by atoms with E-state index in [1.54, 1.807) is 0 Å². The molecule has 1 aromatic rings. The van der Waals surface area contributed by atoms with Gasteiger partial charge in [-0.15, -0.1) is 12.4 Å². The summed E-state index contributed by atoms with van der Waals surface area (Å²) in [7, 11) is 0. The minimum absolute atomic E-state index is 0. The summed E-state index contributed by atoms with van der Waals surface area (Å²) in [5, 5.41) is 3.43. The Balaban J connectivity index is 0.00000144. The van der Waals surface area contributed by atoms with Crippen molar-refractivity contribution in [2.75, 3.05) is 19.6 Å². The maximum Gasteiger partial charge on any atom is 0.0240 e. The van der Waals surface area contributed by atoms with Gasteiger partial charge in [0.1, 0.15) is 0 Å². The van der Waals surface area contributed by atoms with Gasteiger partial charge in [0.05, 0.1) is 0 Å². The number of hydrogen-bond acceptors (Lipinski definition) is 2. The largest absolute Gasteiger partial charge is 0.314 e. The van der Waals surface area contributed by atoms with Gasteiger partial charge in [0.15, 0.2) is 0 Å². The first-order valence-corrected chi connectivity index (χ1v) is 6.18. The molecule has 2 rings (SSSR count). The van der Waals surface area contributed by atoms with Crippen LogP contribution in [0.25, 0.3) is 0 Å². The van der Waals surface area contributed by atoms with Gasteiger partial charge in [0.2, 0.25) is 0 Å². The lowest BCUT2D eigenvalue weighted by Crippen LogP contribution is -2.49. The minimum Gasteiger partial charge on any atom is -0.314 e. The quantitative estimate of drug-likeness (QED) is 0.873. The van der Waals surface area contributed by atoms with E-state index in [4.69, 9.17) is 0 Å². The van der Waals surface area contributed by atoms with Gasteiger partial charge in [0, 0.05) is 32.2 Å². The highest BCUT2D eigenvalue weighted by Crippen LogP contribution is 2.16. The first-order valence-electron chi connectivity index (χ1n) is 6.18. The van der Waals surface area contributed by atoms with Crippen molar-refractivity contribution in [3.05, 3.63) is 34.9 Å². The molecule has 0 radical (unpaired) electrons. The Morgan fingerprint density at radius 2 is 2.12 bits per heavy atom. The van der Waals surface area contributed by atoms with Crippen LogP contribution >= 0.6 is 12.4 Å². The zero-order valence-electron chi connectivity index (χ0n) is 11.0. The topological polar surface area (TPSA) is 15.3 Å². The summed E-state index contributed by atoms with van der Waals surface area (Å²) in [5.41, 5.74) is 4.34. The lowest BCUT2D eigenvalue weighted by atomic mass is 10.0. The predicted octanol–water partition coefficient (Wildman–Crippen LogP) is 2.52. The van der Waals surface area contributed by atoms with E-state index in [1.807, 2.05) is 0 Å². The number of halogens is 1. The van der Waals surface area contributed by atoms with Crippen LogP contribution in [0.1, 0.15) is 23.6 Å². The summed E-state index contributed by atoms with van der Waals surface area (Å²) >= 11 is 0. The number of hydrogen-bond donors (Lipinski definition) is 1. The summed E-state index contributed by atoms with van der Waals surface area (Å²) in [6, 6.07) is 7.27. The smallest absolute Gasteiger partial charge is 0.0240 e. The molecule has 1 unspecified atom stereocenters. The van der Waals surface area contributed by atoms with Gasteiger partial charge in [-0.25, -0.2) is 0 Å². The molecule has 1 aliphatic rings. The van der Waals surface area contributed by atoms with E-state index in [2.05, 4.69) is 49.2 Å². The second kappa shape index (κ2) is 6.39. The molecule has 1 saturated heterocycles. The van der Waals surface area contributed by atoms with Crippen molar-refractivity contribution in [2.45, 2.75) is 33.4 Å². The van der Waals surface area contributed by atoms with Gasteiger partial charge in [0.25, 0.3) is 0 Å². The fourth-order valence-corrected chi connectivity index (χ4v) is 2.32. The zero-order valence-corrected chi connectivity index (χ0v) is 11.8. The summed E-state index contributed by atoms with van der Waals surface area (Å²) in [5.74, 6) is 0. The second-order valence-corrected chi connectivity index (χ2v) is 4.88. The van der Waals surface area contributed by atoms with Gasteiger partial charge >= 0.3 is 0 Å². The monoisotopic (exact) mass is 254 g/mol. The number of aryl methyl sites for hydroxylation is 1. The summed E-state index contributed by atoms with van der Waals surface area (Å²) in [6.45, 7) is 11.2. The van der Waals surface area contributed by atoms with E-state index in [0.29, 0.717) is 6.04 Å². The Kier molecular flexibility index (Phi) is 5.44. The van der Waals surface area contributed by atoms with Crippen molar-refractivity contribution >= 4 is 12.4 Å². The van der Waals surface area contributed by atoms with E-state index >= 15 is 0 Å². The van der Waals surface area contributed by atoms with Crippen LogP contribution in [0.4, 0.5) is 0 Å². The van der Waals surface area contributed by atoms with Crippen LogP contribution in [-0.2, 0) is 6.54 Å². The third kappa shape index (κ3) is 3.44. The Bertz CT molecular complexity index is 365. The summed E-state index contributed by atoms with van der Waals surface area (Å²) < 4.78 is 0. The van der Waals surface area contributed by atoms with Crippen LogP contribution < -0.4 is 5.32 Å². The molecule has 0 aromatic heterocycles. The SMILES string of the molecule is Cc1cccc(CN2CCNCC2C)c1C.Cl. The van der Waals surface area contributed by atoms with Crippen molar-refractivity contribution in [1.29, 1.82) is 0 Å². The molecule has 1 aliphatic heterocycles. The molecule has 17 heavy (non-hydrogen) atoms. The molecule has 0 saturated carbocycles. The molecule has 0 spiro atoms. The third-order valence-electron chi connectivity index (χ3n) is 3.73. The number of rotatable bonds is 2. The summed E-state index contributed by atoms with van der Waals surface area (Å²) in [6.07, 6.45) is 0. The Hall–Kier alpha value is -0.570. The third-order valence-corrected chi connectivity index (χ3v) is 3.73. The standard InChI is InChI=1S/C14H22N2.ClH/c1-11-5-4-6-14(13(11)3)10-16-8-7-15-9-12(16)2;/h4-6,12,15H,7-10H2,1-3H3;1H. The highest BCUT2D eigenvalue weighted by Gasteiger charge is 2.18. The van der Waals surface area contributed by atoms with E-state index in [-0.39, 0.29) is 12.4 Å². The average molecular weight is 255 g/mol. The molecular weight excluding hydrogens is 232 g/mol.